The molecule has 1 aliphatic carbocycles. The fraction of sp³-hybridized carbons (Fsp3) is 0.583. The van der Waals surface area contributed by atoms with Crippen LogP contribution in [0.2, 0.25) is 0 Å². The molecule has 1 aliphatic rings. The fourth-order valence-electron chi connectivity index (χ4n) is 4.45. The van der Waals surface area contributed by atoms with Crippen LogP contribution in [0.1, 0.15) is 68.0 Å². The summed E-state index contributed by atoms with van der Waals surface area (Å²) < 4.78 is 0. The van der Waals surface area contributed by atoms with Gasteiger partial charge in [-0.3, -0.25) is 0 Å². The average Bonchev–Trinajstić information content (AvgIpc) is 2.57. The summed E-state index contributed by atoms with van der Waals surface area (Å²) in [5, 5.41) is 0. The third-order valence-electron chi connectivity index (χ3n) is 7.52. The van der Waals surface area contributed by atoms with Gasteiger partial charge in [0.05, 0.1) is 0 Å². The van der Waals surface area contributed by atoms with Crippen molar-refractivity contribution in [3.05, 3.63) is 50.6 Å². The van der Waals surface area contributed by atoms with E-state index in [2.05, 4.69) is 81.4 Å². The molecule has 1 aromatic carbocycles. The minimum atomic E-state index is 0.640. The zero-order valence-electron chi connectivity index (χ0n) is 17.5. The molecule has 0 fully saturated rings. The second-order valence-corrected chi connectivity index (χ2v) is 8.31. The molecule has 1 aromatic rings. The van der Waals surface area contributed by atoms with Crippen LogP contribution in [-0.2, 0) is 0 Å². The van der Waals surface area contributed by atoms with E-state index in [0.29, 0.717) is 11.8 Å². The number of benzene rings is 1. The summed E-state index contributed by atoms with van der Waals surface area (Å²) in [6.45, 7) is 23.3. The Morgan fingerprint density at radius 3 is 1.46 bits per heavy atom. The molecule has 4 unspecified atom stereocenters. The van der Waals surface area contributed by atoms with Gasteiger partial charge in [0.1, 0.15) is 0 Å². The average molecular weight is 325 g/mol. The van der Waals surface area contributed by atoms with E-state index in [9.17, 15) is 0 Å². The first-order chi connectivity index (χ1) is 11.1. The Bertz CT molecular complexity index is 670. The van der Waals surface area contributed by atoms with E-state index in [1.807, 2.05) is 0 Å². The third kappa shape index (κ3) is 3.01. The van der Waals surface area contributed by atoms with Crippen molar-refractivity contribution in [3.63, 3.8) is 0 Å². The highest BCUT2D eigenvalue weighted by Gasteiger charge is 2.32. The minimum Gasteiger partial charge on any atom is -0.0667 e. The highest BCUT2D eigenvalue weighted by atomic mass is 14.4. The molecule has 0 bridgehead atoms. The lowest BCUT2D eigenvalue weighted by Crippen LogP contribution is -2.30. The monoisotopic (exact) mass is 324 g/mol. The van der Waals surface area contributed by atoms with Gasteiger partial charge in [-0.05, 0) is 104 Å². The largest absolute Gasteiger partial charge is 0.0667 e. The maximum Gasteiger partial charge on any atom is -0.0162 e. The molecular weight excluding hydrogens is 288 g/mol. The highest BCUT2D eigenvalue weighted by molar-refractivity contribution is 5.65. The van der Waals surface area contributed by atoms with E-state index in [1.165, 1.54) is 33.4 Å². The van der Waals surface area contributed by atoms with Crippen molar-refractivity contribution in [2.45, 2.75) is 69.2 Å². The second-order valence-electron chi connectivity index (χ2n) is 8.31. The standard InChI is InChI=1S/C24H36/c1-13-15(3)19(7)23(20(8)16(13)4)11-12-24-21(9)17(5)14(2)18(6)22(24)10/h11-13,15-16,19H,1-10H3/b12-11+. The van der Waals surface area contributed by atoms with E-state index in [1.54, 1.807) is 11.1 Å². The van der Waals surface area contributed by atoms with Crippen molar-refractivity contribution in [3.8, 4) is 0 Å². The summed E-state index contributed by atoms with van der Waals surface area (Å²) in [5.41, 5.74) is 11.8. The zero-order valence-corrected chi connectivity index (χ0v) is 17.5. The van der Waals surface area contributed by atoms with Crippen LogP contribution in [0.5, 0.6) is 0 Å². The Morgan fingerprint density at radius 1 is 0.542 bits per heavy atom. The SMILES string of the molecule is CC1=C(/C=C/c2c(C)c(C)c(C)c(C)c2C)C(C)C(C)C(C)C1C. The summed E-state index contributed by atoms with van der Waals surface area (Å²) in [5.74, 6) is 2.83. The van der Waals surface area contributed by atoms with Gasteiger partial charge < -0.3 is 0 Å². The van der Waals surface area contributed by atoms with Gasteiger partial charge in [-0.1, -0.05) is 45.4 Å². The van der Waals surface area contributed by atoms with Crippen molar-refractivity contribution in [2.75, 3.05) is 0 Å². The molecule has 2 rings (SSSR count). The van der Waals surface area contributed by atoms with Crippen LogP contribution >= 0.6 is 0 Å². The lowest BCUT2D eigenvalue weighted by atomic mass is 9.66. The van der Waals surface area contributed by atoms with Gasteiger partial charge in [0.25, 0.3) is 0 Å². The first-order valence-electron chi connectivity index (χ1n) is 9.55. The summed E-state index contributed by atoms with van der Waals surface area (Å²) in [4.78, 5) is 0. The Kier molecular flexibility index (Phi) is 5.47. The van der Waals surface area contributed by atoms with E-state index < -0.39 is 0 Å². The number of hydrogen-bond acceptors (Lipinski definition) is 0. The van der Waals surface area contributed by atoms with Gasteiger partial charge in [0.15, 0.2) is 0 Å². The van der Waals surface area contributed by atoms with Gasteiger partial charge in [0.2, 0.25) is 0 Å². The molecule has 0 nitrogen and oxygen atoms in total. The lowest BCUT2D eigenvalue weighted by Gasteiger charge is -2.39. The first-order valence-corrected chi connectivity index (χ1v) is 9.55. The van der Waals surface area contributed by atoms with Gasteiger partial charge >= 0.3 is 0 Å². The van der Waals surface area contributed by atoms with Crippen molar-refractivity contribution in [2.24, 2.45) is 23.7 Å². The molecule has 0 heteroatoms. The van der Waals surface area contributed by atoms with Crippen LogP contribution < -0.4 is 0 Å². The Labute approximate surface area is 150 Å². The topological polar surface area (TPSA) is 0 Å². The smallest absolute Gasteiger partial charge is 0.0162 e. The number of rotatable bonds is 2. The van der Waals surface area contributed by atoms with Crippen molar-refractivity contribution >= 4 is 6.08 Å². The maximum atomic E-state index is 2.42. The molecule has 0 radical (unpaired) electrons. The Balaban J connectivity index is 2.52. The molecule has 24 heavy (non-hydrogen) atoms. The molecular formula is C24H36. The molecule has 0 aromatic heterocycles. The molecule has 0 aliphatic heterocycles. The predicted octanol–water partition coefficient (Wildman–Crippen LogP) is 7.12. The molecule has 0 N–H and O–H groups in total. The summed E-state index contributed by atoms with van der Waals surface area (Å²) >= 11 is 0. The van der Waals surface area contributed by atoms with Crippen molar-refractivity contribution in [1.29, 1.82) is 0 Å². The molecule has 0 spiro atoms. The highest BCUT2D eigenvalue weighted by Crippen LogP contribution is 2.42. The van der Waals surface area contributed by atoms with E-state index in [-0.39, 0.29) is 0 Å². The predicted molar refractivity (Wildman–Crippen MR) is 109 cm³/mol. The third-order valence-corrected chi connectivity index (χ3v) is 7.52. The maximum absolute atomic E-state index is 2.42. The Hall–Kier alpha value is -1.30. The summed E-state index contributed by atoms with van der Waals surface area (Å²) in [6, 6.07) is 0. The van der Waals surface area contributed by atoms with Crippen LogP contribution in [-0.4, -0.2) is 0 Å². The number of allylic oxidation sites excluding steroid dienone is 3. The van der Waals surface area contributed by atoms with Crippen LogP contribution in [0, 0.1) is 58.3 Å². The van der Waals surface area contributed by atoms with Crippen LogP contribution in [0.25, 0.3) is 6.08 Å². The second kappa shape index (κ2) is 6.90. The first kappa shape index (κ1) is 19.0. The molecule has 0 saturated heterocycles. The van der Waals surface area contributed by atoms with Crippen molar-refractivity contribution in [1.82, 2.24) is 0 Å². The van der Waals surface area contributed by atoms with Gasteiger partial charge in [-0.2, -0.15) is 0 Å². The molecule has 4 atom stereocenters. The van der Waals surface area contributed by atoms with E-state index in [0.717, 1.165) is 11.8 Å². The van der Waals surface area contributed by atoms with Gasteiger partial charge in [0, 0.05) is 0 Å². The summed E-state index contributed by atoms with van der Waals surface area (Å²) in [7, 11) is 0. The van der Waals surface area contributed by atoms with Crippen LogP contribution in [0.15, 0.2) is 17.2 Å². The molecule has 0 saturated carbocycles. The minimum absolute atomic E-state index is 0.640. The van der Waals surface area contributed by atoms with E-state index >= 15 is 0 Å². The normalized spacial score (nSPS) is 28.1. The lowest BCUT2D eigenvalue weighted by molar-refractivity contribution is 0.230. The van der Waals surface area contributed by atoms with E-state index in [4.69, 9.17) is 0 Å². The van der Waals surface area contributed by atoms with Gasteiger partial charge in [-0.15, -0.1) is 0 Å². The van der Waals surface area contributed by atoms with Crippen molar-refractivity contribution < 1.29 is 0 Å². The van der Waals surface area contributed by atoms with Crippen LogP contribution in [0.3, 0.4) is 0 Å². The zero-order chi connectivity index (χ0) is 18.3. The molecule has 0 heterocycles. The molecule has 0 amide bonds. The van der Waals surface area contributed by atoms with Crippen LogP contribution in [0.4, 0.5) is 0 Å². The quantitative estimate of drug-likeness (QED) is 0.543. The summed E-state index contributed by atoms with van der Waals surface area (Å²) in [6.07, 6.45) is 4.80. The Morgan fingerprint density at radius 2 is 0.958 bits per heavy atom. The fourth-order valence-corrected chi connectivity index (χ4v) is 4.45. The number of hydrogen-bond donors (Lipinski definition) is 0. The molecule has 132 valence electrons. The van der Waals surface area contributed by atoms with Gasteiger partial charge in [-0.25, -0.2) is 0 Å².